The van der Waals surface area contributed by atoms with E-state index in [1.165, 1.54) is 19.3 Å². The predicted molar refractivity (Wildman–Crippen MR) is 69.8 cm³/mol. The summed E-state index contributed by atoms with van der Waals surface area (Å²) in [5.41, 5.74) is 7.19. The summed E-state index contributed by atoms with van der Waals surface area (Å²) in [4.78, 5) is 0. The first-order valence-electron chi connectivity index (χ1n) is 5.25. The molecule has 15 heavy (non-hydrogen) atoms. The maximum absolute atomic E-state index is 6.05. The summed E-state index contributed by atoms with van der Waals surface area (Å²) in [5.74, 6) is 0. The molecule has 1 nitrogen and oxygen atoms in total. The number of hydrogen-bond acceptors (Lipinski definition) is 1. The lowest BCUT2D eigenvalue weighted by atomic mass is 10.0. The van der Waals surface area contributed by atoms with Crippen molar-refractivity contribution >= 4 is 24.0 Å². The Balaban J connectivity index is 0.00000196. The molecule has 0 fully saturated rings. The van der Waals surface area contributed by atoms with E-state index < -0.39 is 0 Å². The summed E-state index contributed by atoms with van der Waals surface area (Å²) in [6.07, 6.45) is 4.74. The van der Waals surface area contributed by atoms with E-state index in [9.17, 15) is 0 Å². The van der Waals surface area contributed by atoms with Gasteiger partial charge in [-0.25, -0.2) is 0 Å². The van der Waals surface area contributed by atoms with E-state index in [0.29, 0.717) is 0 Å². The second-order valence-electron chi connectivity index (χ2n) is 3.66. The van der Waals surface area contributed by atoms with Gasteiger partial charge in [-0.3, -0.25) is 0 Å². The summed E-state index contributed by atoms with van der Waals surface area (Å²) in [5, 5.41) is 0.772. The fraction of sp³-hybridized carbons (Fsp3) is 0.500. The lowest BCUT2D eigenvalue weighted by Crippen LogP contribution is -2.09. The van der Waals surface area contributed by atoms with Gasteiger partial charge in [0, 0.05) is 11.1 Å². The largest absolute Gasteiger partial charge is 0.324 e. The first-order valence-corrected chi connectivity index (χ1v) is 5.63. The Kier molecular flexibility index (Phi) is 7.85. The van der Waals surface area contributed by atoms with Gasteiger partial charge in [0.15, 0.2) is 0 Å². The van der Waals surface area contributed by atoms with Gasteiger partial charge in [-0.2, -0.15) is 0 Å². The average molecular weight is 248 g/mol. The van der Waals surface area contributed by atoms with Crippen LogP contribution in [0, 0.1) is 0 Å². The van der Waals surface area contributed by atoms with Gasteiger partial charge in [0.05, 0.1) is 0 Å². The van der Waals surface area contributed by atoms with Gasteiger partial charge in [-0.15, -0.1) is 12.4 Å². The van der Waals surface area contributed by atoms with Crippen LogP contribution in [0.2, 0.25) is 5.02 Å². The van der Waals surface area contributed by atoms with Crippen LogP contribution in [0.1, 0.15) is 44.2 Å². The van der Waals surface area contributed by atoms with E-state index >= 15 is 0 Å². The van der Waals surface area contributed by atoms with Crippen LogP contribution in [0.5, 0.6) is 0 Å². The Morgan fingerprint density at radius 2 is 2.07 bits per heavy atom. The third kappa shape index (κ3) is 5.41. The van der Waals surface area contributed by atoms with E-state index in [0.717, 1.165) is 17.0 Å². The number of benzene rings is 1. The number of nitrogens with two attached hydrogens (primary N) is 1. The molecule has 0 heterocycles. The minimum absolute atomic E-state index is 0. The molecule has 0 aliphatic carbocycles. The molecule has 0 aromatic heterocycles. The number of unbranched alkanes of at least 4 members (excludes halogenated alkanes) is 2. The van der Waals surface area contributed by atoms with Crippen LogP contribution in [0.25, 0.3) is 0 Å². The molecule has 1 unspecified atom stereocenters. The van der Waals surface area contributed by atoms with Crippen LogP contribution in [-0.2, 0) is 0 Å². The number of hydrogen-bond donors (Lipinski definition) is 1. The van der Waals surface area contributed by atoms with E-state index in [1.807, 2.05) is 24.3 Å². The van der Waals surface area contributed by atoms with E-state index in [-0.39, 0.29) is 18.4 Å². The highest BCUT2D eigenvalue weighted by molar-refractivity contribution is 6.30. The lowest BCUT2D eigenvalue weighted by Gasteiger charge is -2.11. The minimum atomic E-state index is 0. The smallest absolute Gasteiger partial charge is 0.0409 e. The first kappa shape index (κ1) is 14.8. The zero-order valence-electron chi connectivity index (χ0n) is 9.08. The van der Waals surface area contributed by atoms with Crippen molar-refractivity contribution in [1.29, 1.82) is 0 Å². The second kappa shape index (κ2) is 7.98. The van der Waals surface area contributed by atoms with Crippen LogP contribution >= 0.6 is 24.0 Å². The SMILES string of the molecule is CCCCCC(N)c1cccc(Cl)c1.Cl. The van der Waals surface area contributed by atoms with Crippen molar-refractivity contribution in [3.8, 4) is 0 Å². The third-order valence-corrected chi connectivity index (χ3v) is 2.63. The maximum Gasteiger partial charge on any atom is 0.0409 e. The van der Waals surface area contributed by atoms with Crippen molar-refractivity contribution in [2.45, 2.75) is 38.6 Å². The summed E-state index contributed by atoms with van der Waals surface area (Å²) in [6.45, 7) is 2.20. The first-order chi connectivity index (χ1) is 6.74. The highest BCUT2D eigenvalue weighted by Crippen LogP contribution is 2.20. The Morgan fingerprint density at radius 1 is 1.33 bits per heavy atom. The van der Waals surface area contributed by atoms with Gasteiger partial charge < -0.3 is 5.73 Å². The molecular formula is C12H19Cl2N. The monoisotopic (exact) mass is 247 g/mol. The zero-order chi connectivity index (χ0) is 10.4. The molecule has 0 spiro atoms. The molecule has 86 valence electrons. The lowest BCUT2D eigenvalue weighted by molar-refractivity contribution is 0.581. The predicted octanol–water partition coefficient (Wildman–Crippen LogP) is 4.34. The third-order valence-electron chi connectivity index (χ3n) is 2.40. The van der Waals surface area contributed by atoms with Crippen molar-refractivity contribution in [3.63, 3.8) is 0 Å². The second-order valence-corrected chi connectivity index (χ2v) is 4.09. The highest BCUT2D eigenvalue weighted by atomic mass is 35.5. The molecule has 0 aliphatic rings. The minimum Gasteiger partial charge on any atom is -0.324 e. The molecule has 2 N–H and O–H groups in total. The molecule has 1 rings (SSSR count). The summed E-state index contributed by atoms with van der Waals surface area (Å²) < 4.78 is 0. The van der Waals surface area contributed by atoms with Gasteiger partial charge >= 0.3 is 0 Å². The normalized spacial score (nSPS) is 11.9. The molecule has 0 saturated carbocycles. The molecule has 3 heteroatoms. The maximum atomic E-state index is 6.05. The molecule has 1 aromatic rings. The average Bonchev–Trinajstić information content (AvgIpc) is 2.18. The van der Waals surface area contributed by atoms with Gasteiger partial charge in [0.2, 0.25) is 0 Å². The van der Waals surface area contributed by atoms with E-state index in [4.69, 9.17) is 17.3 Å². The highest BCUT2D eigenvalue weighted by Gasteiger charge is 2.05. The van der Waals surface area contributed by atoms with Crippen molar-refractivity contribution in [2.75, 3.05) is 0 Å². The summed E-state index contributed by atoms with van der Waals surface area (Å²) in [6, 6.07) is 7.97. The van der Waals surface area contributed by atoms with Crippen LogP contribution in [-0.4, -0.2) is 0 Å². The van der Waals surface area contributed by atoms with Gasteiger partial charge in [-0.05, 0) is 24.1 Å². The standard InChI is InChI=1S/C12H18ClN.ClH/c1-2-3-4-8-12(14)10-6-5-7-11(13)9-10;/h5-7,9,12H,2-4,8,14H2,1H3;1H. The van der Waals surface area contributed by atoms with Gasteiger partial charge in [0.25, 0.3) is 0 Å². The summed E-state index contributed by atoms with van der Waals surface area (Å²) >= 11 is 5.89. The van der Waals surface area contributed by atoms with Gasteiger partial charge in [-0.1, -0.05) is 49.9 Å². The number of rotatable bonds is 5. The van der Waals surface area contributed by atoms with E-state index in [2.05, 4.69) is 6.92 Å². The Bertz CT molecular complexity index is 276. The van der Waals surface area contributed by atoms with Crippen LogP contribution < -0.4 is 5.73 Å². The zero-order valence-corrected chi connectivity index (χ0v) is 10.7. The molecule has 0 bridgehead atoms. The molecule has 1 aromatic carbocycles. The van der Waals surface area contributed by atoms with Crippen molar-refractivity contribution in [3.05, 3.63) is 34.9 Å². The Hall–Kier alpha value is -0.240. The van der Waals surface area contributed by atoms with Crippen molar-refractivity contribution in [2.24, 2.45) is 5.73 Å². The molecule has 1 atom stereocenters. The molecule has 0 amide bonds. The van der Waals surface area contributed by atoms with Crippen LogP contribution in [0.3, 0.4) is 0 Å². The molecule has 0 aliphatic heterocycles. The van der Waals surface area contributed by atoms with E-state index in [1.54, 1.807) is 0 Å². The fourth-order valence-electron chi connectivity index (χ4n) is 1.52. The van der Waals surface area contributed by atoms with Crippen molar-refractivity contribution in [1.82, 2.24) is 0 Å². The number of halogens is 2. The molecule has 0 radical (unpaired) electrons. The summed E-state index contributed by atoms with van der Waals surface area (Å²) in [7, 11) is 0. The Labute approximate surface area is 103 Å². The van der Waals surface area contributed by atoms with Crippen LogP contribution in [0.15, 0.2) is 24.3 Å². The molecular weight excluding hydrogens is 229 g/mol. The quantitative estimate of drug-likeness (QED) is 0.770. The van der Waals surface area contributed by atoms with Crippen molar-refractivity contribution < 1.29 is 0 Å². The topological polar surface area (TPSA) is 26.0 Å². The Morgan fingerprint density at radius 3 is 2.67 bits per heavy atom. The van der Waals surface area contributed by atoms with Crippen LogP contribution in [0.4, 0.5) is 0 Å². The fourth-order valence-corrected chi connectivity index (χ4v) is 1.72. The van der Waals surface area contributed by atoms with Gasteiger partial charge in [0.1, 0.15) is 0 Å². The molecule has 0 saturated heterocycles.